The van der Waals surface area contributed by atoms with Crippen LogP contribution in [0.4, 0.5) is 8.78 Å². The van der Waals surface area contributed by atoms with Crippen molar-refractivity contribution in [1.82, 2.24) is 4.98 Å². The minimum Gasteiger partial charge on any atom is -0.478 e. The molecule has 0 aliphatic heterocycles. The van der Waals surface area contributed by atoms with Crippen molar-refractivity contribution in [1.29, 1.82) is 0 Å². The van der Waals surface area contributed by atoms with Crippen LogP contribution in [0.2, 0.25) is 0 Å². The van der Waals surface area contributed by atoms with Gasteiger partial charge in [-0.1, -0.05) is 50.2 Å². The van der Waals surface area contributed by atoms with Crippen LogP contribution in [-0.4, -0.2) is 16.1 Å². The Hall–Kier alpha value is -3.60. The molecule has 1 N–H and O–H groups in total. The Morgan fingerprint density at radius 2 is 1.75 bits per heavy atom. The number of aromatic carboxylic acids is 1. The molecular weight excluding hydrogens is 408 g/mol. The number of rotatable bonds is 2. The van der Waals surface area contributed by atoms with Crippen LogP contribution in [0, 0.1) is 17.0 Å². The fourth-order valence-corrected chi connectivity index (χ4v) is 4.80. The van der Waals surface area contributed by atoms with Gasteiger partial charge in [-0.3, -0.25) is 0 Å². The quantitative estimate of drug-likeness (QED) is 0.387. The van der Waals surface area contributed by atoms with E-state index in [-0.39, 0.29) is 16.8 Å². The van der Waals surface area contributed by atoms with Crippen LogP contribution in [0.1, 0.15) is 35.3 Å². The third-order valence-electron chi connectivity index (χ3n) is 6.13. The van der Waals surface area contributed by atoms with Crippen molar-refractivity contribution in [2.24, 2.45) is 5.41 Å². The number of carboxylic acid groups (broad SMARTS) is 1. The molecule has 0 bridgehead atoms. The van der Waals surface area contributed by atoms with Gasteiger partial charge >= 0.3 is 5.97 Å². The molecule has 0 radical (unpaired) electrons. The third kappa shape index (κ3) is 3.34. The number of hydrogen-bond donors (Lipinski definition) is 1. The van der Waals surface area contributed by atoms with E-state index in [1.165, 1.54) is 24.3 Å². The summed E-state index contributed by atoms with van der Waals surface area (Å²) in [7, 11) is 0. The largest absolute Gasteiger partial charge is 0.478 e. The lowest BCUT2D eigenvalue weighted by Gasteiger charge is -2.24. The Morgan fingerprint density at radius 1 is 0.969 bits per heavy atom. The van der Waals surface area contributed by atoms with Gasteiger partial charge in [0.1, 0.15) is 11.6 Å². The SMILES string of the molecule is CC1(C)Cc2cc(-c3ccccc3F)ccc2-c2nc3ccc(F)cc3c(C(=O)O)c2C1. The van der Waals surface area contributed by atoms with Gasteiger partial charge in [0, 0.05) is 16.5 Å². The van der Waals surface area contributed by atoms with E-state index < -0.39 is 11.8 Å². The monoisotopic (exact) mass is 429 g/mol. The summed E-state index contributed by atoms with van der Waals surface area (Å²) in [5.74, 6) is -1.88. The summed E-state index contributed by atoms with van der Waals surface area (Å²) in [5.41, 5.74) is 4.57. The van der Waals surface area contributed by atoms with E-state index in [4.69, 9.17) is 4.98 Å². The number of carboxylic acids is 1. The zero-order valence-electron chi connectivity index (χ0n) is 17.7. The second-order valence-electron chi connectivity index (χ2n) is 9.15. The van der Waals surface area contributed by atoms with Gasteiger partial charge in [-0.05, 0) is 59.2 Å². The second-order valence-corrected chi connectivity index (χ2v) is 9.15. The van der Waals surface area contributed by atoms with E-state index >= 15 is 0 Å². The Kier molecular flexibility index (Phi) is 4.59. The molecule has 32 heavy (non-hydrogen) atoms. The number of pyridine rings is 1. The first-order valence-electron chi connectivity index (χ1n) is 10.5. The molecule has 1 heterocycles. The van der Waals surface area contributed by atoms with Crippen molar-refractivity contribution in [3.63, 3.8) is 0 Å². The topological polar surface area (TPSA) is 50.2 Å². The average molecular weight is 429 g/mol. The summed E-state index contributed by atoms with van der Waals surface area (Å²) >= 11 is 0. The molecule has 0 amide bonds. The van der Waals surface area contributed by atoms with Crippen LogP contribution in [0.5, 0.6) is 0 Å². The summed E-state index contributed by atoms with van der Waals surface area (Å²) in [6.07, 6.45) is 1.15. The summed E-state index contributed by atoms with van der Waals surface area (Å²) < 4.78 is 28.4. The summed E-state index contributed by atoms with van der Waals surface area (Å²) in [6, 6.07) is 16.4. The molecule has 0 atom stereocenters. The van der Waals surface area contributed by atoms with Crippen molar-refractivity contribution in [3.8, 4) is 22.4 Å². The number of aromatic nitrogens is 1. The van der Waals surface area contributed by atoms with Crippen LogP contribution in [-0.2, 0) is 12.8 Å². The second kappa shape index (κ2) is 7.23. The maximum absolute atomic E-state index is 14.4. The van der Waals surface area contributed by atoms with Gasteiger partial charge in [-0.15, -0.1) is 0 Å². The molecule has 3 nitrogen and oxygen atoms in total. The Bertz CT molecular complexity index is 1410. The number of fused-ring (bicyclic) bond motifs is 4. The van der Waals surface area contributed by atoms with E-state index in [0.29, 0.717) is 40.6 Å². The van der Waals surface area contributed by atoms with Crippen molar-refractivity contribution < 1.29 is 18.7 Å². The fraction of sp³-hybridized carbons (Fsp3) is 0.185. The predicted octanol–water partition coefficient (Wildman–Crippen LogP) is 6.67. The van der Waals surface area contributed by atoms with Gasteiger partial charge in [0.15, 0.2) is 0 Å². The van der Waals surface area contributed by atoms with Crippen LogP contribution in [0.25, 0.3) is 33.3 Å². The maximum Gasteiger partial charge on any atom is 0.336 e. The standard InChI is InChI=1S/C27H21F2NO2/c1-27(2)13-16-11-15(18-5-3-4-6-22(18)29)7-9-19(16)25-21(14-27)24(26(31)32)20-12-17(28)8-10-23(20)30-25/h3-12H,13-14H2,1-2H3,(H,31,32). The number of halogens is 2. The van der Waals surface area contributed by atoms with Gasteiger partial charge in [0.2, 0.25) is 0 Å². The molecule has 160 valence electrons. The van der Waals surface area contributed by atoms with Crippen molar-refractivity contribution in [2.75, 3.05) is 0 Å². The molecule has 0 fully saturated rings. The Morgan fingerprint density at radius 3 is 2.50 bits per heavy atom. The molecule has 1 aromatic heterocycles. The average Bonchev–Trinajstić information content (AvgIpc) is 2.83. The Balaban J connectivity index is 1.82. The smallest absolute Gasteiger partial charge is 0.336 e. The highest BCUT2D eigenvalue weighted by atomic mass is 19.1. The number of nitrogens with zero attached hydrogens (tertiary/aromatic N) is 1. The zero-order chi connectivity index (χ0) is 22.6. The van der Waals surface area contributed by atoms with E-state index in [9.17, 15) is 18.7 Å². The molecule has 5 heteroatoms. The first-order chi connectivity index (χ1) is 15.2. The third-order valence-corrected chi connectivity index (χ3v) is 6.13. The minimum atomic E-state index is -1.10. The molecule has 1 aliphatic carbocycles. The van der Waals surface area contributed by atoms with Crippen molar-refractivity contribution in [3.05, 3.63) is 89.0 Å². The molecule has 0 saturated heterocycles. The lowest BCUT2D eigenvalue weighted by atomic mass is 9.80. The minimum absolute atomic E-state index is 0.101. The highest BCUT2D eigenvalue weighted by molar-refractivity contribution is 6.06. The molecule has 1 aliphatic rings. The van der Waals surface area contributed by atoms with E-state index in [0.717, 1.165) is 16.7 Å². The summed E-state index contributed by atoms with van der Waals surface area (Å²) in [4.78, 5) is 17.1. The molecule has 0 spiro atoms. The van der Waals surface area contributed by atoms with Crippen LogP contribution >= 0.6 is 0 Å². The predicted molar refractivity (Wildman–Crippen MR) is 121 cm³/mol. The van der Waals surface area contributed by atoms with Gasteiger partial charge in [0.25, 0.3) is 0 Å². The van der Waals surface area contributed by atoms with Crippen LogP contribution in [0.3, 0.4) is 0 Å². The summed E-state index contributed by atoms with van der Waals surface area (Å²) in [5, 5.41) is 10.4. The molecule has 3 aromatic carbocycles. The normalized spacial score (nSPS) is 14.5. The fourth-order valence-electron chi connectivity index (χ4n) is 4.80. The van der Waals surface area contributed by atoms with E-state index in [1.807, 2.05) is 18.2 Å². The number of hydrogen-bond acceptors (Lipinski definition) is 2. The lowest BCUT2D eigenvalue weighted by Crippen LogP contribution is -2.19. The molecule has 0 saturated carbocycles. The lowest BCUT2D eigenvalue weighted by molar-refractivity contribution is 0.0697. The molecular formula is C27H21F2NO2. The highest BCUT2D eigenvalue weighted by Crippen LogP contribution is 2.43. The van der Waals surface area contributed by atoms with Gasteiger partial charge < -0.3 is 5.11 Å². The Labute approximate surface area is 184 Å². The van der Waals surface area contributed by atoms with Crippen LogP contribution in [0.15, 0.2) is 60.7 Å². The van der Waals surface area contributed by atoms with Crippen LogP contribution < -0.4 is 0 Å². The first-order valence-corrected chi connectivity index (χ1v) is 10.5. The van der Waals surface area contributed by atoms with Gasteiger partial charge in [-0.25, -0.2) is 18.6 Å². The van der Waals surface area contributed by atoms with E-state index in [1.54, 1.807) is 18.2 Å². The number of carbonyl (C=O) groups is 1. The zero-order valence-corrected chi connectivity index (χ0v) is 17.7. The molecule has 0 unspecified atom stereocenters. The molecule has 4 aromatic rings. The number of benzene rings is 3. The highest BCUT2D eigenvalue weighted by Gasteiger charge is 2.32. The first kappa shape index (κ1) is 20.3. The van der Waals surface area contributed by atoms with Gasteiger partial charge in [0.05, 0.1) is 16.8 Å². The molecule has 5 rings (SSSR count). The van der Waals surface area contributed by atoms with E-state index in [2.05, 4.69) is 13.8 Å². The van der Waals surface area contributed by atoms with Crippen molar-refractivity contribution in [2.45, 2.75) is 26.7 Å². The van der Waals surface area contributed by atoms with Crippen molar-refractivity contribution >= 4 is 16.9 Å². The maximum atomic E-state index is 14.4. The summed E-state index contributed by atoms with van der Waals surface area (Å²) in [6.45, 7) is 4.14. The van der Waals surface area contributed by atoms with Gasteiger partial charge in [-0.2, -0.15) is 0 Å².